The summed E-state index contributed by atoms with van der Waals surface area (Å²) in [4.78, 5) is 20.5. The van der Waals surface area contributed by atoms with E-state index in [2.05, 4.69) is 20.2 Å². The third-order valence-electron chi connectivity index (χ3n) is 4.25. The van der Waals surface area contributed by atoms with Crippen molar-refractivity contribution in [1.29, 1.82) is 0 Å². The van der Waals surface area contributed by atoms with Crippen molar-refractivity contribution < 1.29 is 9.18 Å². The van der Waals surface area contributed by atoms with E-state index in [1.54, 1.807) is 0 Å². The van der Waals surface area contributed by atoms with E-state index in [1.807, 2.05) is 0 Å². The zero-order valence-electron chi connectivity index (χ0n) is 13.0. The molecule has 0 atom stereocenters. The lowest BCUT2D eigenvalue weighted by Gasteiger charge is -2.19. The average Bonchev–Trinajstić information content (AvgIpc) is 2.72. The first-order valence-electron chi connectivity index (χ1n) is 8.05. The molecule has 1 aromatic carbocycles. The molecule has 0 radical (unpaired) electrons. The van der Waals surface area contributed by atoms with Crippen LogP contribution in [-0.2, 0) is 0 Å². The molecule has 0 spiro atoms. The number of aromatic amines is 2. The van der Waals surface area contributed by atoms with Crippen molar-refractivity contribution in [2.45, 2.75) is 25.7 Å². The van der Waals surface area contributed by atoms with Crippen LogP contribution in [0.3, 0.4) is 0 Å². The van der Waals surface area contributed by atoms with E-state index in [9.17, 15) is 9.18 Å². The standard InChI is InChI=1S/C16H21FN4OS/c17-11-9-12(14-13(10-11)19-16(23)20-14)15(22)18-5-8-21-6-3-1-2-4-7-21/h9-10H,1-8H2,(H,18,22)(H2,19,20,23). The van der Waals surface area contributed by atoms with E-state index in [0.29, 0.717) is 22.3 Å². The van der Waals surface area contributed by atoms with E-state index in [4.69, 9.17) is 12.2 Å². The number of fused-ring (bicyclic) bond motifs is 1. The topological polar surface area (TPSA) is 63.9 Å². The Labute approximate surface area is 139 Å². The number of nitrogens with one attached hydrogen (secondary N) is 3. The molecular formula is C16H21FN4OS. The highest BCUT2D eigenvalue weighted by atomic mass is 32.1. The number of imidazole rings is 1. The molecule has 1 aromatic heterocycles. The first-order valence-corrected chi connectivity index (χ1v) is 8.46. The highest BCUT2D eigenvalue weighted by molar-refractivity contribution is 7.71. The fourth-order valence-corrected chi connectivity index (χ4v) is 3.28. The van der Waals surface area contributed by atoms with E-state index in [0.717, 1.165) is 19.6 Å². The minimum atomic E-state index is -0.458. The van der Waals surface area contributed by atoms with E-state index in [1.165, 1.54) is 37.8 Å². The largest absolute Gasteiger partial charge is 0.351 e. The molecule has 1 aliphatic heterocycles. The molecule has 3 N–H and O–H groups in total. The third kappa shape index (κ3) is 3.97. The average molecular weight is 336 g/mol. The lowest BCUT2D eigenvalue weighted by atomic mass is 10.1. The van der Waals surface area contributed by atoms with E-state index >= 15 is 0 Å². The number of hydrogen-bond donors (Lipinski definition) is 3. The highest BCUT2D eigenvalue weighted by Gasteiger charge is 2.14. The number of hydrogen-bond acceptors (Lipinski definition) is 3. The Bertz CT molecular complexity index is 746. The van der Waals surface area contributed by atoms with Crippen LogP contribution in [0.15, 0.2) is 12.1 Å². The van der Waals surface area contributed by atoms with Gasteiger partial charge >= 0.3 is 0 Å². The number of amides is 1. The molecule has 0 saturated carbocycles. The summed E-state index contributed by atoms with van der Waals surface area (Å²) in [6.45, 7) is 3.56. The first-order chi connectivity index (χ1) is 11.1. The Hall–Kier alpha value is -1.73. The predicted octanol–water partition coefficient (Wildman–Crippen LogP) is 2.97. The van der Waals surface area contributed by atoms with Gasteiger partial charge in [0, 0.05) is 13.1 Å². The lowest BCUT2D eigenvalue weighted by molar-refractivity contribution is 0.0949. The molecule has 3 rings (SSSR count). The number of likely N-dealkylation sites (tertiary alicyclic amines) is 1. The Morgan fingerprint density at radius 2 is 1.96 bits per heavy atom. The molecule has 7 heteroatoms. The fourth-order valence-electron chi connectivity index (χ4n) is 3.07. The van der Waals surface area contributed by atoms with Gasteiger partial charge in [-0.25, -0.2) is 4.39 Å². The van der Waals surface area contributed by atoms with Gasteiger partial charge in [0.05, 0.1) is 16.6 Å². The minimum absolute atomic E-state index is 0.281. The number of benzene rings is 1. The number of nitrogens with zero attached hydrogens (tertiary/aromatic N) is 1. The zero-order valence-corrected chi connectivity index (χ0v) is 13.8. The van der Waals surface area contributed by atoms with Crippen LogP contribution in [-0.4, -0.2) is 47.0 Å². The molecular weight excluding hydrogens is 315 g/mol. The van der Waals surface area contributed by atoms with Crippen molar-refractivity contribution in [1.82, 2.24) is 20.2 Å². The second kappa shape index (κ2) is 7.23. The van der Waals surface area contributed by atoms with Crippen LogP contribution in [0.4, 0.5) is 4.39 Å². The Morgan fingerprint density at radius 3 is 2.70 bits per heavy atom. The van der Waals surface area contributed by atoms with Gasteiger partial charge in [-0.05, 0) is 50.3 Å². The second-order valence-electron chi connectivity index (χ2n) is 5.97. The van der Waals surface area contributed by atoms with Crippen molar-refractivity contribution in [2.24, 2.45) is 0 Å². The van der Waals surface area contributed by atoms with Crippen molar-refractivity contribution in [3.8, 4) is 0 Å². The maximum atomic E-state index is 13.7. The molecule has 1 aliphatic rings. The Balaban J connectivity index is 1.65. The molecule has 1 saturated heterocycles. The quantitative estimate of drug-likeness (QED) is 0.752. The zero-order chi connectivity index (χ0) is 16.2. The Morgan fingerprint density at radius 1 is 1.22 bits per heavy atom. The molecule has 23 heavy (non-hydrogen) atoms. The molecule has 124 valence electrons. The third-order valence-corrected chi connectivity index (χ3v) is 4.45. The summed E-state index contributed by atoms with van der Waals surface area (Å²) in [5.74, 6) is -0.741. The molecule has 0 unspecified atom stereocenters. The van der Waals surface area contributed by atoms with E-state index < -0.39 is 5.82 Å². The smallest absolute Gasteiger partial charge is 0.253 e. The molecule has 0 aliphatic carbocycles. The molecule has 2 aromatic rings. The van der Waals surface area contributed by atoms with Crippen molar-refractivity contribution in [3.05, 3.63) is 28.3 Å². The van der Waals surface area contributed by atoms with Crippen molar-refractivity contribution in [3.63, 3.8) is 0 Å². The van der Waals surface area contributed by atoms with Crippen LogP contribution >= 0.6 is 12.2 Å². The summed E-state index contributed by atoms with van der Waals surface area (Å²) in [5.41, 5.74) is 1.33. The summed E-state index contributed by atoms with van der Waals surface area (Å²) in [6.07, 6.45) is 5.02. The van der Waals surface area contributed by atoms with Crippen LogP contribution in [0.2, 0.25) is 0 Å². The van der Waals surface area contributed by atoms with Crippen molar-refractivity contribution >= 4 is 29.2 Å². The van der Waals surface area contributed by atoms with Gasteiger partial charge in [0.1, 0.15) is 5.82 Å². The summed E-state index contributed by atoms with van der Waals surface area (Å²) in [5, 5.41) is 2.88. The monoisotopic (exact) mass is 336 g/mol. The SMILES string of the molecule is O=C(NCCN1CCCCCC1)c1cc(F)cc2[nH]c(=S)[nH]c12. The minimum Gasteiger partial charge on any atom is -0.351 e. The highest BCUT2D eigenvalue weighted by Crippen LogP contribution is 2.17. The van der Waals surface area contributed by atoms with Crippen LogP contribution in [0, 0.1) is 10.6 Å². The predicted molar refractivity (Wildman–Crippen MR) is 90.7 cm³/mol. The maximum absolute atomic E-state index is 13.7. The van der Waals surface area contributed by atoms with Gasteiger partial charge in [0.15, 0.2) is 4.77 Å². The van der Waals surface area contributed by atoms with Gasteiger partial charge in [0.25, 0.3) is 5.91 Å². The summed E-state index contributed by atoms with van der Waals surface area (Å²) >= 11 is 5.02. The maximum Gasteiger partial charge on any atom is 0.253 e. The number of rotatable bonds is 4. The van der Waals surface area contributed by atoms with Crippen LogP contribution in [0.1, 0.15) is 36.0 Å². The van der Waals surface area contributed by atoms with Crippen LogP contribution < -0.4 is 5.32 Å². The van der Waals surface area contributed by atoms with E-state index in [-0.39, 0.29) is 11.5 Å². The molecule has 0 bridgehead atoms. The van der Waals surface area contributed by atoms with Gasteiger partial charge in [-0.3, -0.25) is 4.79 Å². The van der Waals surface area contributed by atoms with Crippen LogP contribution in [0.5, 0.6) is 0 Å². The molecule has 1 amide bonds. The van der Waals surface area contributed by atoms with Crippen molar-refractivity contribution in [2.75, 3.05) is 26.2 Å². The summed E-state index contributed by atoms with van der Waals surface area (Å²) in [6, 6.07) is 2.57. The number of H-pyrrole nitrogens is 2. The second-order valence-corrected chi connectivity index (χ2v) is 6.38. The summed E-state index contributed by atoms with van der Waals surface area (Å²) in [7, 11) is 0. The number of carbonyl (C=O) groups excluding carboxylic acids is 1. The van der Waals surface area contributed by atoms with Gasteiger partial charge < -0.3 is 20.2 Å². The van der Waals surface area contributed by atoms with Crippen LogP contribution in [0.25, 0.3) is 11.0 Å². The van der Waals surface area contributed by atoms with Gasteiger partial charge in [-0.1, -0.05) is 12.8 Å². The lowest BCUT2D eigenvalue weighted by Crippen LogP contribution is -2.35. The van der Waals surface area contributed by atoms with Gasteiger partial charge in [-0.15, -0.1) is 0 Å². The first kappa shape index (κ1) is 16.1. The Kier molecular flexibility index (Phi) is 5.07. The molecule has 1 fully saturated rings. The number of carbonyl (C=O) groups is 1. The summed E-state index contributed by atoms with van der Waals surface area (Å²) < 4.78 is 14.0. The molecule has 2 heterocycles. The van der Waals surface area contributed by atoms with Gasteiger partial charge in [0.2, 0.25) is 0 Å². The number of aromatic nitrogens is 2. The normalized spacial score (nSPS) is 16.4. The van der Waals surface area contributed by atoms with Gasteiger partial charge in [-0.2, -0.15) is 0 Å². The fraction of sp³-hybridized carbons (Fsp3) is 0.500. The number of halogens is 1. The molecule has 5 nitrogen and oxygen atoms in total.